The van der Waals surface area contributed by atoms with Gasteiger partial charge in [-0.15, -0.1) is 0 Å². The average molecular weight is 332 g/mol. The second-order valence-electron chi connectivity index (χ2n) is 7.09. The molecule has 1 amide bonds. The molecule has 24 heavy (non-hydrogen) atoms. The highest BCUT2D eigenvalue weighted by molar-refractivity contribution is 5.81. The van der Waals surface area contributed by atoms with E-state index in [9.17, 15) is 4.79 Å². The van der Waals surface area contributed by atoms with Gasteiger partial charge >= 0.3 is 0 Å². The molecule has 1 aromatic rings. The van der Waals surface area contributed by atoms with Gasteiger partial charge in [0.15, 0.2) is 6.10 Å². The molecule has 0 bridgehead atoms. The van der Waals surface area contributed by atoms with E-state index in [4.69, 9.17) is 10.5 Å². The third kappa shape index (κ3) is 5.91. The number of hydrogen-bond donors (Lipinski definition) is 2. The summed E-state index contributed by atoms with van der Waals surface area (Å²) < 4.78 is 5.40. The summed E-state index contributed by atoms with van der Waals surface area (Å²) in [5.74, 6) is 0.555. The number of ether oxygens (including phenoxy) is 1. The summed E-state index contributed by atoms with van der Waals surface area (Å²) in [4.78, 5) is 12.4. The minimum atomic E-state index is -0.551. The first kappa shape index (κ1) is 18.9. The maximum absolute atomic E-state index is 12.4. The number of carbonyl (C=O) groups is 1. The zero-order chi connectivity index (χ0) is 17.4. The third-order valence-electron chi connectivity index (χ3n) is 5.06. The first-order chi connectivity index (χ1) is 11.6. The summed E-state index contributed by atoms with van der Waals surface area (Å²) in [7, 11) is 1.57. The average Bonchev–Trinajstić information content (AvgIpc) is 2.58. The lowest BCUT2D eigenvalue weighted by molar-refractivity contribution is -0.132. The van der Waals surface area contributed by atoms with Gasteiger partial charge in [0.25, 0.3) is 5.91 Å². The van der Waals surface area contributed by atoms with E-state index < -0.39 is 6.10 Å². The molecule has 134 valence electrons. The number of carbonyl (C=O) groups excluding carboxylic acids is 1. The topological polar surface area (TPSA) is 64.3 Å². The van der Waals surface area contributed by atoms with Crippen LogP contribution in [0.5, 0.6) is 0 Å². The number of nitrogens with one attached hydrogen (secondary N) is 1. The minimum absolute atomic E-state index is 0.0899. The number of aryl methyl sites for hydroxylation is 1. The maximum Gasteiger partial charge on any atom is 0.250 e. The molecule has 1 saturated carbocycles. The van der Waals surface area contributed by atoms with Crippen LogP contribution in [0.4, 0.5) is 0 Å². The van der Waals surface area contributed by atoms with Gasteiger partial charge < -0.3 is 15.8 Å². The second-order valence-corrected chi connectivity index (χ2v) is 7.09. The fraction of sp³-hybridized carbons (Fsp3) is 0.650. The predicted octanol–water partition coefficient (Wildman–Crippen LogP) is 2.97. The van der Waals surface area contributed by atoms with E-state index >= 15 is 0 Å². The Labute approximate surface area is 146 Å². The van der Waals surface area contributed by atoms with Gasteiger partial charge in [-0.1, -0.05) is 61.9 Å². The Morgan fingerprint density at radius 2 is 1.92 bits per heavy atom. The van der Waals surface area contributed by atoms with Crippen LogP contribution in [0.2, 0.25) is 0 Å². The summed E-state index contributed by atoms with van der Waals surface area (Å²) >= 11 is 0. The molecule has 1 aliphatic carbocycles. The van der Waals surface area contributed by atoms with Crippen LogP contribution in [0.3, 0.4) is 0 Å². The molecule has 2 atom stereocenters. The molecule has 4 heteroatoms. The summed E-state index contributed by atoms with van der Waals surface area (Å²) in [6.07, 6.45) is 7.53. The SMILES string of the molecule is COC(C(=O)NCCc1ccc(C)cc1)C(N)CC1CCCCC1. The van der Waals surface area contributed by atoms with Crippen LogP contribution in [-0.4, -0.2) is 31.7 Å². The first-order valence-electron chi connectivity index (χ1n) is 9.21. The van der Waals surface area contributed by atoms with E-state index in [-0.39, 0.29) is 11.9 Å². The number of nitrogens with two attached hydrogens (primary N) is 1. The number of hydrogen-bond acceptors (Lipinski definition) is 3. The lowest BCUT2D eigenvalue weighted by atomic mass is 9.84. The Morgan fingerprint density at radius 3 is 2.54 bits per heavy atom. The van der Waals surface area contributed by atoms with Crippen LogP contribution >= 0.6 is 0 Å². The van der Waals surface area contributed by atoms with Gasteiger partial charge in [-0.05, 0) is 31.2 Å². The number of methoxy groups -OCH3 is 1. The van der Waals surface area contributed by atoms with E-state index in [1.165, 1.54) is 43.2 Å². The summed E-state index contributed by atoms with van der Waals surface area (Å²) in [5.41, 5.74) is 8.74. The van der Waals surface area contributed by atoms with Gasteiger partial charge in [0.1, 0.15) is 0 Å². The summed E-state index contributed by atoms with van der Waals surface area (Å²) in [6, 6.07) is 8.16. The van der Waals surface area contributed by atoms with Crippen molar-refractivity contribution in [1.29, 1.82) is 0 Å². The first-order valence-corrected chi connectivity index (χ1v) is 9.21. The van der Waals surface area contributed by atoms with Crippen LogP contribution in [-0.2, 0) is 16.0 Å². The van der Waals surface area contributed by atoms with Crippen LogP contribution in [0, 0.1) is 12.8 Å². The van der Waals surface area contributed by atoms with E-state index in [2.05, 4.69) is 36.5 Å². The standard InChI is InChI=1S/C20H32N2O2/c1-15-8-10-16(11-9-15)12-13-22-20(23)19(24-2)18(21)14-17-6-4-3-5-7-17/h8-11,17-19H,3-7,12-14,21H2,1-2H3,(H,22,23). The molecule has 0 spiro atoms. The third-order valence-corrected chi connectivity index (χ3v) is 5.06. The molecule has 4 nitrogen and oxygen atoms in total. The van der Waals surface area contributed by atoms with E-state index in [1.54, 1.807) is 7.11 Å². The Hall–Kier alpha value is -1.39. The van der Waals surface area contributed by atoms with Crippen LogP contribution in [0.25, 0.3) is 0 Å². The van der Waals surface area contributed by atoms with E-state index in [0.717, 1.165) is 12.8 Å². The van der Waals surface area contributed by atoms with Crippen LogP contribution in [0.1, 0.15) is 49.7 Å². The van der Waals surface area contributed by atoms with Crippen molar-refractivity contribution in [2.24, 2.45) is 11.7 Å². The van der Waals surface area contributed by atoms with E-state index in [0.29, 0.717) is 12.5 Å². The largest absolute Gasteiger partial charge is 0.370 e. The Kier molecular flexibility index (Phi) is 7.73. The molecule has 0 aliphatic heterocycles. The lowest BCUT2D eigenvalue weighted by Gasteiger charge is -2.28. The van der Waals surface area contributed by atoms with Gasteiger partial charge in [0.05, 0.1) is 0 Å². The van der Waals surface area contributed by atoms with Gasteiger partial charge in [-0.2, -0.15) is 0 Å². The van der Waals surface area contributed by atoms with Crippen molar-refractivity contribution in [3.05, 3.63) is 35.4 Å². The monoisotopic (exact) mass is 332 g/mol. The highest BCUT2D eigenvalue weighted by atomic mass is 16.5. The number of benzene rings is 1. The molecule has 1 aliphatic rings. The number of rotatable bonds is 8. The number of amides is 1. The van der Waals surface area contributed by atoms with Crippen molar-refractivity contribution < 1.29 is 9.53 Å². The smallest absolute Gasteiger partial charge is 0.250 e. The van der Waals surface area contributed by atoms with Gasteiger partial charge in [0.2, 0.25) is 0 Å². The molecule has 0 radical (unpaired) electrons. The fourth-order valence-electron chi connectivity index (χ4n) is 3.59. The molecule has 0 aromatic heterocycles. The van der Waals surface area contributed by atoms with Crippen molar-refractivity contribution >= 4 is 5.91 Å². The molecule has 0 saturated heterocycles. The zero-order valence-electron chi connectivity index (χ0n) is 15.1. The zero-order valence-corrected chi connectivity index (χ0v) is 15.1. The van der Waals surface area contributed by atoms with Crippen molar-refractivity contribution in [3.8, 4) is 0 Å². The van der Waals surface area contributed by atoms with Gasteiger partial charge in [0, 0.05) is 19.7 Å². The van der Waals surface area contributed by atoms with Crippen molar-refractivity contribution in [2.75, 3.05) is 13.7 Å². The fourth-order valence-corrected chi connectivity index (χ4v) is 3.59. The molecular formula is C20H32N2O2. The Bertz CT molecular complexity index is 495. The summed E-state index contributed by atoms with van der Waals surface area (Å²) in [6.45, 7) is 2.68. The van der Waals surface area contributed by atoms with Crippen LogP contribution < -0.4 is 11.1 Å². The molecule has 3 N–H and O–H groups in total. The van der Waals surface area contributed by atoms with Crippen molar-refractivity contribution in [3.63, 3.8) is 0 Å². The molecule has 0 heterocycles. The van der Waals surface area contributed by atoms with Crippen LogP contribution in [0.15, 0.2) is 24.3 Å². The van der Waals surface area contributed by atoms with Gasteiger partial charge in [-0.3, -0.25) is 4.79 Å². The molecule has 1 fully saturated rings. The predicted molar refractivity (Wildman–Crippen MR) is 97.9 cm³/mol. The highest BCUT2D eigenvalue weighted by Gasteiger charge is 2.28. The van der Waals surface area contributed by atoms with Crippen molar-refractivity contribution in [2.45, 2.75) is 64.0 Å². The Balaban J connectivity index is 1.76. The molecule has 2 unspecified atom stereocenters. The molecule has 1 aromatic carbocycles. The van der Waals surface area contributed by atoms with E-state index in [1.807, 2.05) is 0 Å². The minimum Gasteiger partial charge on any atom is -0.370 e. The molecule has 2 rings (SSSR count). The summed E-state index contributed by atoms with van der Waals surface area (Å²) in [5, 5.41) is 2.97. The maximum atomic E-state index is 12.4. The van der Waals surface area contributed by atoms with Gasteiger partial charge in [-0.25, -0.2) is 0 Å². The quantitative estimate of drug-likeness (QED) is 0.769. The second kappa shape index (κ2) is 9.80. The normalized spacial score (nSPS) is 18.1. The van der Waals surface area contributed by atoms with Crippen molar-refractivity contribution in [1.82, 2.24) is 5.32 Å². The Morgan fingerprint density at radius 1 is 1.25 bits per heavy atom. The lowest BCUT2D eigenvalue weighted by Crippen LogP contribution is -2.48. The molecular weight excluding hydrogens is 300 g/mol. The highest BCUT2D eigenvalue weighted by Crippen LogP contribution is 2.27.